The van der Waals surface area contributed by atoms with Gasteiger partial charge in [-0.1, -0.05) is 19.9 Å². The average Bonchev–Trinajstić information content (AvgIpc) is 3.02. The van der Waals surface area contributed by atoms with Crippen molar-refractivity contribution >= 4 is 23.1 Å². The summed E-state index contributed by atoms with van der Waals surface area (Å²) in [6.07, 6.45) is 3.72. The Kier molecular flexibility index (Phi) is 4.15. The van der Waals surface area contributed by atoms with Crippen molar-refractivity contribution in [3.8, 4) is 0 Å². The number of carbonyl (C=O) groups excluding carboxylic acids is 1. The van der Waals surface area contributed by atoms with Crippen LogP contribution in [0.3, 0.4) is 0 Å². The number of nitrogens with one attached hydrogen (secondary N) is 1. The van der Waals surface area contributed by atoms with Gasteiger partial charge in [0.1, 0.15) is 5.82 Å². The van der Waals surface area contributed by atoms with E-state index in [0.717, 1.165) is 18.7 Å². The third-order valence-corrected chi connectivity index (χ3v) is 3.81. The molecule has 1 amide bonds. The van der Waals surface area contributed by atoms with Gasteiger partial charge in [-0.3, -0.25) is 4.79 Å². The zero-order valence-electron chi connectivity index (χ0n) is 10.6. The lowest BCUT2D eigenvalue weighted by Crippen LogP contribution is -2.17. The molecule has 2 heterocycles. The van der Waals surface area contributed by atoms with E-state index in [-0.39, 0.29) is 5.91 Å². The van der Waals surface area contributed by atoms with Gasteiger partial charge >= 0.3 is 0 Å². The number of thiophene rings is 1. The predicted molar refractivity (Wildman–Crippen MR) is 74.1 cm³/mol. The van der Waals surface area contributed by atoms with Crippen molar-refractivity contribution in [2.45, 2.75) is 32.7 Å². The van der Waals surface area contributed by atoms with Gasteiger partial charge in [0.2, 0.25) is 0 Å². The summed E-state index contributed by atoms with van der Waals surface area (Å²) < 4.78 is 1.89. The highest BCUT2D eigenvalue weighted by Gasteiger charge is 2.14. The molecule has 0 aliphatic rings. The summed E-state index contributed by atoms with van der Waals surface area (Å²) in [5.74, 6) is 0.694. The number of aromatic nitrogens is 2. The zero-order valence-corrected chi connectivity index (χ0v) is 11.4. The van der Waals surface area contributed by atoms with E-state index >= 15 is 0 Å². The van der Waals surface area contributed by atoms with Crippen molar-refractivity contribution < 1.29 is 4.79 Å². The Labute approximate surface area is 111 Å². The molecule has 1 N–H and O–H groups in total. The van der Waals surface area contributed by atoms with Crippen molar-refractivity contribution in [2.75, 3.05) is 5.32 Å². The number of nitrogens with zero attached hydrogens (tertiary/aromatic N) is 2. The van der Waals surface area contributed by atoms with E-state index in [1.54, 1.807) is 6.20 Å². The van der Waals surface area contributed by atoms with Gasteiger partial charge in [0.05, 0.1) is 17.1 Å². The molecule has 0 saturated heterocycles. The maximum atomic E-state index is 12.0. The van der Waals surface area contributed by atoms with E-state index in [1.807, 2.05) is 28.3 Å². The standard InChI is InChI=1S/C13H17N3OS/c1-3-10(4-2)16-12(7-8-14-16)15-13(17)11-6-5-9-18-11/h5-10H,3-4H2,1-2H3,(H,15,17). The van der Waals surface area contributed by atoms with Crippen LogP contribution in [0.4, 0.5) is 5.82 Å². The van der Waals surface area contributed by atoms with Crippen LogP contribution in [-0.4, -0.2) is 15.7 Å². The fraction of sp³-hybridized carbons (Fsp3) is 0.385. The van der Waals surface area contributed by atoms with Crippen LogP contribution < -0.4 is 5.32 Å². The fourth-order valence-electron chi connectivity index (χ4n) is 1.92. The van der Waals surface area contributed by atoms with Crippen LogP contribution in [-0.2, 0) is 0 Å². The molecule has 0 spiro atoms. The van der Waals surface area contributed by atoms with Crippen LogP contribution in [0.1, 0.15) is 42.4 Å². The number of hydrogen-bond donors (Lipinski definition) is 1. The van der Waals surface area contributed by atoms with Crippen LogP contribution in [0.25, 0.3) is 0 Å². The summed E-state index contributed by atoms with van der Waals surface area (Å²) >= 11 is 1.44. The molecule has 96 valence electrons. The van der Waals surface area contributed by atoms with Crippen molar-refractivity contribution in [1.29, 1.82) is 0 Å². The number of hydrogen-bond acceptors (Lipinski definition) is 3. The highest BCUT2D eigenvalue weighted by Crippen LogP contribution is 2.21. The SMILES string of the molecule is CCC(CC)n1nccc1NC(=O)c1cccs1. The van der Waals surface area contributed by atoms with Gasteiger partial charge in [-0.15, -0.1) is 11.3 Å². The van der Waals surface area contributed by atoms with E-state index in [1.165, 1.54) is 11.3 Å². The molecular weight excluding hydrogens is 246 g/mol. The van der Waals surface area contributed by atoms with Gasteiger partial charge in [-0.05, 0) is 24.3 Å². The minimum absolute atomic E-state index is 0.0716. The zero-order chi connectivity index (χ0) is 13.0. The molecule has 0 saturated carbocycles. The van der Waals surface area contributed by atoms with Gasteiger partial charge in [-0.2, -0.15) is 5.10 Å². The highest BCUT2D eigenvalue weighted by molar-refractivity contribution is 7.12. The lowest BCUT2D eigenvalue weighted by molar-refractivity contribution is 0.102. The largest absolute Gasteiger partial charge is 0.306 e. The third-order valence-electron chi connectivity index (χ3n) is 2.95. The summed E-state index contributed by atoms with van der Waals surface area (Å²) in [7, 11) is 0. The Morgan fingerprint density at radius 3 is 2.83 bits per heavy atom. The fourth-order valence-corrected chi connectivity index (χ4v) is 2.54. The summed E-state index contributed by atoms with van der Waals surface area (Å²) in [4.78, 5) is 12.7. The lowest BCUT2D eigenvalue weighted by atomic mass is 10.2. The average molecular weight is 263 g/mol. The lowest BCUT2D eigenvalue weighted by Gasteiger charge is -2.16. The number of rotatable bonds is 5. The molecule has 0 atom stereocenters. The second-order valence-electron chi connectivity index (χ2n) is 4.06. The molecular formula is C13H17N3OS. The molecule has 0 aliphatic heterocycles. The van der Waals surface area contributed by atoms with Crippen molar-refractivity contribution in [3.05, 3.63) is 34.7 Å². The maximum Gasteiger partial charge on any atom is 0.266 e. The number of amides is 1. The van der Waals surface area contributed by atoms with Crippen LogP contribution in [0, 0.1) is 0 Å². The Balaban J connectivity index is 2.15. The van der Waals surface area contributed by atoms with E-state index in [2.05, 4.69) is 24.3 Å². The van der Waals surface area contributed by atoms with Crippen LogP contribution in [0.5, 0.6) is 0 Å². The second kappa shape index (κ2) is 5.82. The van der Waals surface area contributed by atoms with E-state index in [9.17, 15) is 4.79 Å². The van der Waals surface area contributed by atoms with E-state index < -0.39 is 0 Å². The maximum absolute atomic E-state index is 12.0. The van der Waals surface area contributed by atoms with Crippen molar-refractivity contribution in [2.24, 2.45) is 0 Å². The second-order valence-corrected chi connectivity index (χ2v) is 5.01. The molecule has 18 heavy (non-hydrogen) atoms. The smallest absolute Gasteiger partial charge is 0.266 e. The molecule has 0 unspecified atom stereocenters. The minimum Gasteiger partial charge on any atom is -0.306 e. The monoisotopic (exact) mass is 263 g/mol. The summed E-state index contributed by atoms with van der Waals surface area (Å²) in [6.45, 7) is 4.25. The van der Waals surface area contributed by atoms with Crippen molar-refractivity contribution in [3.63, 3.8) is 0 Å². The molecule has 4 nitrogen and oxygen atoms in total. The molecule has 0 radical (unpaired) electrons. The summed E-state index contributed by atoms with van der Waals surface area (Å²) in [5.41, 5.74) is 0. The van der Waals surface area contributed by atoms with Crippen LogP contribution in [0.15, 0.2) is 29.8 Å². The molecule has 0 aromatic carbocycles. The van der Waals surface area contributed by atoms with Gasteiger partial charge < -0.3 is 5.32 Å². The Morgan fingerprint density at radius 2 is 2.22 bits per heavy atom. The first-order chi connectivity index (χ1) is 8.76. The van der Waals surface area contributed by atoms with Crippen molar-refractivity contribution in [1.82, 2.24) is 9.78 Å². The number of carbonyl (C=O) groups is 1. The molecule has 2 aromatic rings. The predicted octanol–water partition coefficient (Wildman–Crippen LogP) is 3.56. The molecule has 5 heteroatoms. The molecule has 0 aliphatic carbocycles. The van der Waals surface area contributed by atoms with E-state index in [0.29, 0.717) is 10.9 Å². The first-order valence-electron chi connectivity index (χ1n) is 6.14. The first kappa shape index (κ1) is 12.8. The van der Waals surface area contributed by atoms with Gasteiger partial charge in [0, 0.05) is 6.07 Å². The Bertz CT molecular complexity index is 500. The molecule has 0 fully saturated rings. The van der Waals surface area contributed by atoms with Crippen LogP contribution >= 0.6 is 11.3 Å². The first-order valence-corrected chi connectivity index (χ1v) is 7.02. The summed E-state index contributed by atoms with van der Waals surface area (Å²) in [6, 6.07) is 5.86. The third kappa shape index (κ3) is 2.61. The Morgan fingerprint density at radius 1 is 1.44 bits per heavy atom. The molecule has 0 bridgehead atoms. The molecule has 2 aromatic heterocycles. The topological polar surface area (TPSA) is 46.9 Å². The molecule has 2 rings (SSSR count). The Hall–Kier alpha value is -1.62. The summed E-state index contributed by atoms with van der Waals surface area (Å²) in [5, 5.41) is 9.11. The quantitative estimate of drug-likeness (QED) is 0.896. The normalized spacial score (nSPS) is 10.8. The van der Waals surface area contributed by atoms with Gasteiger partial charge in [0.25, 0.3) is 5.91 Å². The van der Waals surface area contributed by atoms with Gasteiger partial charge in [-0.25, -0.2) is 4.68 Å². The van der Waals surface area contributed by atoms with Crippen LogP contribution in [0.2, 0.25) is 0 Å². The number of anilines is 1. The highest BCUT2D eigenvalue weighted by atomic mass is 32.1. The van der Waals surface area contributed by atoms with Gasteiger partial charge in [0.15, 0.2) is 0 Å². The van der Waals surface area contributed by atoms with E-state index in [4.69, 9.17) is 0 Å². The minimum atomic E-state index is -0.0716.